The van der Waals surface area contributed by atoms with Crippen molar-refractivity contribution >= 4 is 5.91 Å². The van der Waals surface area contributed by atoms with Crippen molar-refractivity contribution in [1.29, 1.82) is 0 Å². The Kier molecular flexibility index (Phi) is 6.27. The van der Waals surface area contributed by atoms with Gasteiger partial charge in [0.15, 0.2) is 6.61 Å². The summed E-state index contributed by atoms with van der Waals surface area (Å²) in [5.41, 5.74) is 4.76. The molecule has 0 saturated carbocycles. The number of aromatic nitrogens is 3. The lowest BCUT2D eigenvalue weighted by atomic mass is 9.94. The molecule has 4 rings (SSSR count). The van der Waals surface area contributed by atoms with Gasteiger partial charge >= 0.3 is 0 Å². The van der Waals surface area contributed by atoms with Crippen LogP contribution in [0.4, 0.5) is 0 Å². The lowest BCUT2D eigenvalue weighted by Gasteiger charge is -2.14. The molecule has 0 unspecified atom stereocenters. The number of ether oxygens (including phenoxy) is 2. The number of fused-ring (bicyclic) bond motifs is 1. The van der Waals surface area contributed by atoms with Crippen LogP contribution in [0.15, 0.2) is 48.8 Å². The Balaban J connectivity index is 1.33. The van der Waals surface area contributed by atoms with Crippen LogP contribution in [-0.4, -0.2) is 40.9 Å². The Morgan fingerprint density at radius 2 is 1.80 bits per heavy atom. The van der Waals surface area contributed by atoms with Crippen molar-refractivity contribution in [3.63, 3.8) is 0 Å². The normalized spacial score (nSPS) is 12.8. The average molecular weight is 406 g/mol. The van der Waals surface area contributed by atoms with Gasteiger partial charge in [0.05, 0.1) is 19.3 Å². The van der Waals surface area contributed by atoms with Crippen LogP contribution in [-0.2, 0) is 24.2 Å². The number of benzene rings is 1. The minimum Gasteiger partial charge on any atom is -0.497 e. The van der Waals surface area contributed by atoms with E-state index in [1.165, 1.54) is 24.1 Å². The molecule has 2 aromatic heterocycles. The summed E-state index contributed by atoms with van der Waals surface area (Å²) in [7, 11) is 1.61. The predicted molar refractivity (Wildman–Crippen MR) is 114 cm³/mol. The third kappa shape index (κ3) is 4.62. The molecule has 7 heteroatoms. The van der Waals surface area contributed by atoms with Gasteiger partial charge in [0.2, 0.25) is 0 Å². The van der Waals surface area contributed by atoms with E-state index in [4.69, 9.17) is 14.6 Å². The maximum absolute atomic E-state index is 12.1. The van der Waals surface area contributed by atoms with Crippen molar-refractivity contribution in [2.45, 2.75) is 32.2 Å². The van der Waals surface area contributed by atoms with E-state index in [0.717, 1.165) is 29.8 Å². The Hall–Kier alpha value is -3.35. The number of nitrogens with zero attached hydrogens (tertiary/aromatic N) is 3. The zero-order valence-electron chi connectivity index (χ0n) is 17.1. The summed E-state index contributed by atoms with van der Waals surface area (Å²) in [6, 6.07) is 11.2. The van der Waals surface area contributed by atoms with Gasteiger partial charge in [-0.25, -0.2) is 0 Å². The van der Waals surface area contributed by atoms with E-state index in [9.17, 15) is 4.79 Å². The van der Waals surface area contributed by atoms with E-state index >= 15 is 0 Å². The first kappa shape index (κ1) is 19.9. The second-order valence-corrected chi connectivity index (χ2v) is 7.25. The SMILES string of the molecule is COc1ccc(OCC(=O)NCCn2nc(-c3ccncc3)c3c2CCCC3)cc1. The quantitative estimate of drug-likeness (QED) is 0.622. The van der Waals surface area contributed by atoms with E-state index in [-0.39, 0.29) is 12.5 Å². The van der Waals surface area contributed by atoms with E-state index in [1.54, 1.807) is 43.8 Å². The molecule has 1 aliphatic rings. The number of hydrogen-bond acceptors (Lipinski definition) is 5. The monoisotopic (exact) mass is 406 g/mol. The molecule has 0 atom stereocenters. The first-order valence-electron chi connectivity index (χ1n) is 10.3. The molecule has 2 heterocycles. The van der Waals surface area contributed by atoms with Crippen molar-refractivity contribution in [1.82, 2.24) is 20.1 Å². The highest BCUT2D eigenvalue weighted by molar-refractivity contribution is 5.77. The van der Waals surface area contributed by atoms with Crippen LogP contribution in [0, 0.1) is 0 Å². The van der Waals surface area contributed by atoms with Crippen LogP contribution >= 0.6 is 0 Å². The smallest absolute Gasteiger partial charge is 0.258 e. The van der Waals surface area contributed by atoms with E-state index in [0.29, 0.717) is 18.8 Å². The number of pyridine rings is 1. The van der Waals surface area contributed by atoms with E-state index in [1.807, 2.05) is 12.1 Å². The van der Waals surface area contributed by atoms with Gasteiger partial charge in [0.1, 0.15) is 11.5 Å². The van der Waals surface area contributed by atoms with Crippen LogP contribution in [0.25, 0.3) is 11.3 Å². The standard InChI is InChI=1S/C23H26N4O3/c1-29-18-6-8-19(9-7-18)30-16-22(28)25-14-15-27-21-5-3-2-4-20(21)23(26-27)17-10-12-24-13-11-17/h6-13H,2-5,14-16H2,1H3,(H,25,28). The number of carbonyl (C=O) groups is 1. The minimum atomic E-state index is -0.152. The highest BCUT2D eigenvalue weighted by Crippen LogP contribution is 2.30. The van der Waals surface area contributed by atoms with Crippen molar-refractivity contribution in [3.8, 4) is 22.8 Å². The second-order valence-electron chi connectivity index (χ2n) is 7.25. The second kappa shape index (κ2) is 9.43. The zero-order chi connectivity index (χ0) is 20.8. The molecule has 1 amide bonds. The van der Waals surface area contributed by atoms with E-state index < -0.39 is 0 Å². The van der Waals surface area contributed by atoms with Gasteiger partial charge < -0.3 is 14.8 Å². The van der Waals surface area contributed by atoms with Gasteiger partial charge in [0, 0.05) is 35.8 Å². The molecule has 0 radical (unpaired) electrons. The van der Waals surface area contributed by atoms with Gasteiger partial charge in [-0.2, -0.15) is 5.10 Å². The van der Waals surface area contributed by atoms with Crippen LogP contribution in [0.3, 0.4) is 0 Å². The fraction of sp³-hybridized carbons (Fsp3) is 0.348. The fourth-order valence-corrected chi connectivity index (χ4v) is 3.77. The van der Waals surface area contributed by atoms with Gasteiger partial charge in [-0.15, -0.1) is 0 Å². The van der Waals surface area contributed by atoms with Crippen LogP contribution < -0.4 is 14.8 Å². The third-order valence-electron chi connectivity index (χ3n) is 5.29. The molecule has 156 valence electrons. The van der Waals surface area contributed by atoms with Crippen molar-refractivity contribution < 1.29 is 14.3 Å². The van der Waals surface area contributed by atoms with Gasteiger partial charge in [-0.3, -0.25) is 14.5 Å². The molecular formula is C23H26N4O3. The topological polar surface area (TPSA) is 78.3 Å². The molecule has 0 bridgehead atoms. The molecule has 1 aliphatic carbocycles. The molecule has 0 aliphatic heterocycles. The summed E-state index contributed by atoms with van der Waals surface area (Å²) in [6.07, 6.45) is 8.04. The molecule has 30 heavy (non-hydrogen) atoms. The van der Waals surface area contributed by atoms with Gasteiger partial charge in [0.25, 0.3) is 5.91 Å². The molecule has 7 nitrogen and oxygen atoms in total. The van der Waals surface area contributed by atoms with Crippen molar-refractivity contribution in [2.75, 3.05) is 20.3 Å². The largest absolute Gasteiger partial charge is 0.497 e. The highest BCUT2D eigenvalue weighted by atomic mass is 16.5. The number of nitrogens with one attached hydrogen (secondary N) is 1. The summed E-state index contributed by atoms with van der Waals surface area (Å²) in [6.45, 7) is 1.13. The number of methoxy groups -OCH3 is 1. The number of rotatable bonds is 8. The predicted octanol–water partition coefficient (Wildman–Crippen LogP) is 3.03. The Labute approximate surface area is 176 Å². The Morgan fingerprint density at radius 3 is 2.57 bits per heavy atom. The van der Waals surface area contributed by atoms with Crippen molar-refractivity contribution in [3.05, 3.63) is 60.0 Å². The van der Waals surface area contributed by atoms with Gasteiger partial charge in [-0.1, -0.05) is 0 Å². The fourth-order valence-electron chi connectivity index (χ4n) is 3.77. The molecule has 0 fully saturated rings. The lowest BCUT2D eigenvalue weighted by molar-refractivity contribution is -0.123. The Bertz CT molecular complexity index is 984. The van der Waals surface area contributed by atoms with Crippen LogP contribution in [0.5, 0.6) is 11.5 Å². The zero-order valence-corrected chi connectivity index (χ0v) is 17.1. The summed E-state index contributed by atoms with van der Waals surface area (Å²) < 4.78 is 12.7. The van der Waals surface area contributed by atoms with E-state index in [2.05, 4.69) is 15.0 Å². The molecule has 3 aromatic rings. The molecule has 1 aromatic carbocycles. The maximum atomic E-state index is 12.1. The summed E-state index contributed by atoms with van der Waals surface area (Å²) in [5, 5.41) is 7.78. The third-order valence-corrected chi connectivity index (χ3v) is 5.29. The van der Waals surface area contributed by atoms with Crippen molar-refractivity contribution in [2.24, 2.45) is 0 Å². The average Bonchev–Trinajstić information content (AvgIpc) is 3.17. The van der Waals surface area contributed by atoms with Crippen LogP contribution in [0.1, 0.15) is 24.1 Å². The van der Waals surface area contributed by atoms with Crippen LogP contribution in [0.2, 0.25) is 0 Å². The highest BCUT2D eigenvalue weighted by Gasteiger charge is 2.21. The number of carbonyl (C=O) groups excluding carboxylic acids is 1. The molecule has 1 N–H and O–H groups in total. The number of hydrogen-bond donors (Lipinski definition) is 1. The summed E-state index contributed by atoms with van der Waals surface area (Å²) in [4.78, 5) is 16.3. The number of amides is 1. The minimum absolute atomic E-state index is 0.0220. The molecule has 0 spiro atoms. The molecule has 0 saturated heterocycles. The first-order chi connectivity index (χ1) is 14.7. The molecular weight excluding hydrogens is 380 g/mol. The Morgan fingerprint density at radius 1 is 1.07 bits per heavy atom. The summed E-state index contributed by atoms with van der Waals surface area (Å²) >= 11 is 0. The van der Waals surface area contributed by atoms with Gasteiger partial charge in [-0.05, 0) is 62.1 Å². The first-order valence-corrected chi connectivity index (χ1v) is 10.3. The maximum Gasteiger partial charge on any atom is 0.258 e. The summed E-state index contributed by atoms with van der Waals surface area (Å²) in [5.74, 6) is 1.23. The lowest BCUT2D eigenvalue weighted by Crippen LogP contribution is -2.32.